The Balaban J connectivity index is 1.52. The summed E-state index contributed by atoms with van der Waals surface area (Å²) in [7, 11) is 3.42. The van der Waals surface area contributed by atoms with E-state index in [1.54, 1.807) is 26.2 Å². The van der Waals surface area contributed by atoms with Crippen LogP contribution in [0.4, 0.5) is 4.79 Å². The summed E-state index contributed by atoms with van der Waals surface area (Å²) in [6, 6.07) is 9.13. The lowest BCUT2D eigenvalue weighted by molar-refractivity contribution is 0.0560. The van der Waals surface area contributed by atoms with Crippen molar-refractivity contribution in [3.63, 3.8) is 0 Å². The van der Waals surface area contributed by atoms with Gasteiger partial charge < -0.3 is 18.8 Å². The standard InChI is InChI=1S/C22H22ClN4O3Si/c1-2-11-30-22(29)26-9-7-25(8-10-26)21(28)15-3-4-17-18(23)13-19(24-20(17)12-15)16-5-6-27(31)14-16/h3-6,12-14H,2,7-11H2,1H3. The van der Waals surface area contributed by atoms with Crippen molar-refractivity contribution in [3.05, 3.63) is 53.3 Å². The third-order valence-corrected chi connectivity index (χ3v) is 5.84. The van der Waals surface area contributed by atoms with Crippen LogP contribution in [0.2, 0.25) is 5.02 Å². The molecule has 7 nitrogen and oxygen atoms in total. The molecule has 9 heteroatoms. The van der Waals surface area contributed by atoms with Crippen LogP contribution in [0, 0.1) is 0 Å². The van der Waals surface area contributed by atoms with Gasteiger partial charge in [-0.05, 0) is 36.9 Å². The second kappa shape index (κ2) is 9.11. The van der Waals surface area contributed by atoms with Crippen LogP contribution in [0.15, 0.2) is 42.7 Å². The second-order valence-corrected chi connectivity index (χ2v) is 8.35. The van der Waals surface area contributed by atoms with Gasteiger partial charge in [-0.2, -0.15) is 0 Å². The summed E-state index contributed by atoms with van der Waals surface area (Å²) >= 11 is 6.48. The average Bonchev–Trinajstić information content (AvgIpc) is 3.23. The molecule has 0 N–H and O–H groups in total. The lowest BCUT2D eigenvalue weighted by Gasteiger charge is -2.34. The molecule has 3 aromatic rings. The van der Waals surface area contributed by atoms with Crippen LogP contribution in [0.5, 0.6) is 0 Å². The minimum Gasteiger partial charge on any atom is -0.449 e. The zero-order valence-electron chi connectivity index (χ0n) is 17.2. The van der Waals surface area contributed by atoms with Gasteiger partial charge in [-0.1, -0.05) is 24.6 Å². The van der Waals surface area contributed by atoms with E-state index in [9.17, 15) is 9.59 Å². The number of nitrogens with zero attached hydrogens (tertiary/aromatic N) is 4. The van der Waals surface area contributed by atoms with Gasteiger partial charge in [0.15, 0.2) is 10.4 Å². The monoisotopic (exact) mass is 453 g/mol. The molecule has 0 aliphatic carbocycles. The van der Waals surface area contributed by atoms with Crippen molar-refractivity contribution >= 4 is 44.9 Å². The molecule has 1 saturated heterocycles. The third-order valence-electron chi connectivity index (χ3n) is 5.25. The molecule has 0 bridgehead atoms. The highest BCUT2D eigenvalue weighted by molar-refractivity contribution is 6.35. The summed E-state index contributed by atoms with van der Waals surface area (Å²) in [5.41, 5.74) is 2.87. The fourth-order valence-corrected chi connectivity index (χ4v) is 4.05. The zero-order valence-corrected chi connectivity index (χ0v) is 18.9. The second-order valence-electron chi connectivity index (χ2n) is 7.42. The number of amides is 2. The van der Waals surface area contributed by atoms with Gasteiger partial charge in [-0.15, -0.1) is 0 Å². The molecule has 2 amide bonds. The number of halogens is 1. The Morgan fingerprint density at radius 3 is 2.55 bits per heavy atom. The number of hydrogen-bond acceptors (Lipinski definition) is 4. The average molecular weight is 454 g/mol. The number of fused-ring (bicyclic) bond motifs is 1. The SMILES string of the molecule is CCCOC(=O)N1CCN(C(=O)c2ccc3c(Cl)cc(-c4ccn([Si])c4)nc3c2)CC1. The normalized spacial score (nSPS) is 14.2. The van der Waals surface area contributed by atoms with E-state index in [1.165, 1.54) is 0 Å². The van der Waals surface area contributed by atoms with Gasteiger partial charge in [0.2, 0.25) is 0 Å². The Morgan fingerprint density at radius 1 is 1.13 bits per heavy atom. The Labute approximate surface area is 189 Å². The third kappa shape index (κ3) is 4.60. The van der Waals surface area contributed by atoms with E-state index in [2.05, 4.69) is 10.4 Å². The summed E-state index contributed by atoms with van der Waals surface area (Å²) in [5, 5.41) is 1.38. The number of ether oxygens (including phenoxy) is 1. The molecule has 1 aromatic carbocycles. The molecule has 31 heavy (non-hydrogen) atoms. The molecule has 0 atom stereocenters. The number of rotatable bonds is 4. The molecular formula is C22H22ClN4O3Si. The summed E-state index contributed by atoms with van der Waals surface area (Å²) in [4.78, 5) is 33.2. The summed E-state index contributed by atoms with van der Waals surface area (Å²) in [6.07, 6.45) is 4.22. The smallest absolute Gasteiger partial charge is 0.409 e. The molecule has 3 radical (unpaired) electrons. The van der Waals surface area contributed by atoms with E-state index in [1.807, 2.05) is 37.5 Å². The number of carbonyl (C=O) groups is 2. The fourth-order valence-electron chi connectivity index (χ4n) is 3.57. The predicted octanol–water partition coefficient (Wildman–Crippen LogP) is 3.59. The molecule has 3 heterocycles. The van der Waals surface area contributed by atoms with E-state index in [4.69, 9.17) is 21.3 Å². The first kappa shape index (κ1) is 21.4. The largest absolute Gasteiger partial charge is 0.449 e. The summed E-state index contributed by atoms with van der Waals surface area (Å²) in [6.45, 7) is 4.21. The Kier molecular flexibility index (Phi) is 6.29. The molecule has 2 aromatic heterocycles. The topological polar surface area (TPSA) is 67.7 Å². The number of carbonyl (C=O) groups excluding carboxylic acids is 2. The molecule has 0 spiro atoms. The van der Waals surface area contributed by atoms with Crippen molar-refractivity contribution in [3.8, 4) is 11.3 Å². The van der Waals surface area contributed by atoms with Crippen LogP contribution >= 0.6 is 11.6 Å². The molecule has 1 aliphatic rings. The zero-order chi connectivity index (χ0) is 22.0. The van der Waals surface area contributed by atoms with Crippen molar-refractivity contribution < 1.29 is 14.3 Å². The van der Waals surface area contributed by atoms with Crippen molar-refractivity contribution in [2.24, 2.45) is 0 Å². The van der Waals surface area contributed by atoms with Crippen LogP contribution in [-0.2, 0) is 4.74 Å². The summed E-state index contributed by atoms with van der Waals surface area (Å²) in [5.74, 6) is -0.0851. The van der Waals surface area contributed by atoms with Gasteiger partial charge >= 0.3 is 6.09 Å². The Morgan fingerprint density at radius 2 is 1.87 bits per heavy atom. The van der Waals surface area contributed by atoms with E-state index in [0.717, 1.165) is 23.1 Å². The highest BCUT2D eigenvalue weighted by atomic mass is 35.5. The first-order valence-electron chi connectivity index (χ1n) is 10.2. The van der Waals surface area contributed by atoms with Gasteiger partial charge in [-0.25, -0.2) is 9.78 Å². The maximum atomic E-state index is 13.1. The minimum atomic E-state index is -0.316. The Bertz CT molecular complexity index is 1130. The molecule has 0 unspecified atom stereocenters. The number of pyridine rings is 1. The molecule has 0 saturated carbocycles. The van der Waals surface area contributed by atoms with E-state index in [-0.39, 0.29) is 12.0 Å². The highest BCUT2D eigenvalue weighted by Crippen LogP contribution is 2.29. The number of aromatic nitrogens is 2. The van der Waals surface area contributed by atoms with Gasteiger partial charge in [-0.3, -0.25) is 4.79 Å². The van der Waals surface area contributed by atoms with Crippen molar-refractivity contribution in [1.29, 1.82) is 0 Å². The number of piperazine rings is 1. The van der Waals surface area contributed by atoms with Crippen molar-refractivity contribution in [2.45, 2.75) is 13.3 Å². The van der Waals surface area contributed by atoms with Gasteiger partial charge in [0.1, 0.15) is 0 Å². The number of benzene rings is 1. The maximum Gasteiger partial charge on any atom is 0.409 e. The Hall–Kier alpha value is -2.84. The highest BCUT2D eigenvalue weighted by Gasteiger charge is 2.26. The molecule has 159 valence electrons. The molecular weight excluding hydrogens is 432 g/mol. The van der Waals surface area contributed by atoms with E-state index < -0.39 is 0 Å². The molecule has 1 fully saturated rings. The number of hydrogen-bond donors (Lipinski definition) is 0. The van der Waals surface area contributed by atoms with Crippen LogP contribution < -0.4 is 0 Å². The van der Waals surface area contributed by atoms with Crippen LogP contribution in [0.1, 0.15) is 23.7 Å². The van der Waals surface area contributed by atoms with Gasteiger partial charge in [0, 0.05) is 48.9 Å². The quantitative estimate of drug-likeness (QED) is 0.566. The molecule has 1 aliphatic heterocycles. The minimum absolute atomic E-state index is 0.0851. The van der Waals surface area contributed by atoms with Gasteiger partial charge in [0.25, 0.3) is 5.91 Å². The first-order valence-corrected chi connectivity index (χ1v) is 11.0. The maximum absolute atomic E-state index is 13.1. The predicted molar refractivity (Wildman–Crippen MR) is 120 cm³/mol. The van der Waals surface area contributed by atoms with Crippen LogP contribution in [0.25, 0.3) is 22.2 Å². The van der Waals surface area contributed by atoms with Crippen LogP contribution in [-0.4, -0.2) is 74.2 Å². The first-order chi connectivity index (χ1) is 15.0. The van der Waals surface area contributed by atoms with Crippen molar-refractivity contribution in [1.82, 2.24) is 19.0 Å². The molecule has 4 rings (SSSR count). The van der Waals surface area contributed by atoms with Gasteiger partial charge in [0.05, 0.1) is 22.8 Å². The van der Waals surface area contributed by atoms with Crippen molar-refractivity contribution in [2.75, 3.05) is 32.8 Å². The lowest BCUT2D eigenvalue weighted by Crippen LogP contribution is -2.50. The van der Waals surface area contributed by atoms with Crippen LogP contribution in [0.3, 0.4) is 0 Å². The van der Waals surface area contributed by atoms with E-state index in [0.29, 0.717) is 48.9 Å². The van der Waals surface area contributed by atoms with E-state index >= 15 is 0 Å². The fraction of sp³-hybridized carbons (Fsp3) is 0.318. The lowest BCUT2D eigenvalue weighted by atomic mass is 10.1. The summed E-state index contributed by atoms with van der Waals surface area (Å²) < 4.78 is 6.93.